The van der Waals surface area contributed by atoms with Crippen LogP contribution in [0.1, 0.15) is 32.3 Å². The highest BCUT2D eigenvalue weighted by Gasteiger charge is 2.25. The van der Waals surface area contributed by atoms with E-state index in [0.29, 0.717) is 24.0 Å². The van der Waals surface area contributed by atoms with Gasteiger partial charge in [0.25, 0.3) is 0 Å². The van der Waals surface area contributed by atoms with E-state index in [1.54, 1.807) is 7.11 Å². The van der Waals surface area contributed by atoms with Crippen molar-refractivity contribution < 1.29 is 14.3 Å². The van der Waals surface area contributed by atoms with E-state index in [1.165, 1.54) is 17.3 Å². The van der Waals surface area contributed by atoms with E-state index in [9.17, 15) is 4.79 Å². The fourth-order valence-electron chi connectivity index (χ4n) is 3.05. The molecule has 6 nitrogen and oxygen atoms in total. The number of rotatable bonds is 9. The van der Waals surface area contributed by atoms with Crippen LogP contribution < -0.4 is 4.74 Å². The van der Waals surface area contributed by atoms with Crippen molar-refractivity contribution in [2.24, 2.45) is 0 Å². The van der Waals surface area contributed by atoms with Gasteiger partial charge in [-0.15, -0.1) is 10.2 Å². The maximum absolute atomic E-state index is 12.5. The van der Waals surface area contributed by atoms with Crippen molar-refractivity contribution in [2.45, 2.75) is 44.0 Å². The molecule has 0 bridgehead atoms. The van der Waals surface area contributed by atoms with Crippen LogP contribution in [0.2, 0.25) is 0 Å². The van der Waals surface area contributed by atoms with Crippen LogP contribution in [0.25, 0.3) is 17.1 Å². The molecule has 3 aromatic rings. The Balaban J connectivity index is 2.05. The first kappa shape index (κ1) is 21.9. The van der Waals surface area contributed by atoms with Gasteiger partial charge in [-0.1, -0.05) is 42.8 Å². The van der Waals surface area contributed by atoms with Crippen molar-refractivity contribution >= 4 is 17.7 Å². The molecule has 158 valence electrons. The van der Waals surface area contributed by atoms with Crippen LogP contribution in [0.15, 0.2) is 53.7 Å². The molecule has 0 unspecified atom stereocenters. The van der Waals surface area contributed by atoms with Crippen molar-refractivity contribution in [1.29, 1.82) is 0 Å². The van der Waals surface area contributed by atoms with E-state index in [-0.39, 0.29) is 11.2 Å². The third-order valence-electron chi connectivity index (χ3n) is 4.62. The second kappa shape index (κ2) is 10.3. The number of aryl methyl sites for hydroxylation is 1. The molecule has 2 aromatic carbocycles. The Morgan fingerprint density at radius 2 is 1.77 bits per heavy atom. The van der Waals surface area contributed by atoms with E-state index >= 15 is 0 Å². The molecule has 3 rings (SSSR count). The second-order valence-electron chi connectivity index (χ2n) is 6.85. The Bertz CT molecular complexity index is 968. The van der Waals surface area contributed by atoms with E-state index in [1.807, 2.05) is 54.8 Å². The summed E-state index contributed by atoms with van der Waals surface area (Å²) in [5, 5.41) is 9.23. The number of carbonyl (C=O) groups excluding carboxylic acids is 1. The molecule has 0 radical (unpaired) electrons. The Hall–Kier alpha value is -2.80. The van der Waals surface area contributed by atoms with E-state index in [0.717, 1.165) is 23.4 Å². The van der Waals surface area contributed by atoms with E-state index in [4.69, 9.17) is 9.47 Å². The number of methoxy groups -OCH3 is 1. The number of nitrogens with zero attached hydrogens (tertiary/aromatic N) is 3. The lowest BCUT2D eigenvalue weighted by Gasteiger charge is -2.16. The molecular formula is C23H27N3O3S. The van der Waals surface area contributed by atoms with Gasteiger partial charge in [-0.25, -0.2) is 0 Å². The number of hydrogen-bond donors (Lipinski definition) is 0. The Labute approximate surface area is 181 Å². The lowest BCUT2D eigenvalue weighted by atomic mass is 10.2. The lowest BCUT2D eigenvalue weighted by molar-refractivity contribution is -0.142. The number of aromatic nitrogens is 3. The summed E-state index contributed by atoms with van der Waals surface area (Å²) in [4.78, 5) is 12.5. The van der Waals surface area contributed by atoms with Crippen LogP contribution >= 0.6 is 11.8 Å². The molecule has 7 heteroatoms. The molecular weight excluding hydrogens is 398 g/mol. The molecule has 0 spiro atoms. The van der Waals surface area contributed by atoms with Crippen LogP contribution in [0.3, 0.4) is 0 Å². The highest BCUT2D eigenvalue weighted by atomic mass is 32.2. The fraction of sp³-hybridized carbons (Fsp3) is 0.348. The number of carbonyl (C=O) groups is 1. The van der Waals surface area contributed by atoms with Gasteiger partial charge >= 0.3 is 5.97 Å². The normalized spacial score (nSPS) is 11.9. The first-order valence-electron chi connectivity index (χ1n) is 10.1. The largest absolute Gasteiger partial charge is 0.497 e. The first-order chi connectivity index (χ1) is 14.6. The number of thioether (sulfide) groups is 1. The topological polar surface area (TPSA) is 66.2 Å². The minimum atomic E-state index is -0.327. The smallest absolute Gasteiger partial charge is 0.319 e. The molecule has 0 saturated carbocycles. The molecule has 0 aliphatic heterocycles. The van der Waals surface area contributed by atoms with E-state index < -0.39 is 0 Å². The summed E-state index contributed by atoms with van der Waals surface area (Å²) in [6, 6.07) is 15.9. The molecule has 0 aliphatic carbocycles. The number of hydrogen-bond acceptors (Lipinski definition) is 6. The average Bonchev–Trinajstić information content (AvgIpc) is 3.17. The summed E-state index contributed by atoms with van der Waals surface area (Å²) in [6.45, 7) is 6.29. The number of esters is 1. The van der Waals surface area contributed by atoms with Gasteiger partial charge in [-0.05, 0) is 56.7 Å². The van der Waals surface area contributed by atoms with Gasteiger partial charge in [0.05, 0.1) is 13.7 Å². The predicted octanol–water partition coefficient (Wildman–Crippen LogP) is 5.08. The quantitative estimate of drug-likeness (QED) is 0.352. The van der Waals surface area contributed by atoms with Crippen molar-refractivity contribution in [3.05, 3.63) is 54.1 Å². The molecule has 0 amide bonds. The molecule has 1 atom stereocenters. The van der Waals surface area contributed by atoms with Crippen molar-refractivity contribution in [3.8, 4) is 22.8 Å². The standard InChI is InChI=1S/C23H27N3O3S/c1-5-7-20(22(27)29-6-2)30-23-25-24-21(17-10-14-19(28-4)15-11-17)26(23)18-12-8-16(3)9-13-18/h8-15,20H,5-7H2,1-4H3/t20-/m1/s1. The molecule has 0 saturated heterocycles. The van der Waals surface area contributed by atoms with Crippen LogP contribution in [0.4, 0.5) is 0 Å². The van der Waals surface area contributed by atoms with Crippen LogP contribution in [-0.2, 0) is 9.53 Å². The summed E-state index contributed by atoms with van der Waals surface area (Å²) < 4.78 is 12.5. The van der Waals surface area contributed by atoms with Gasteiger partial charge in [0, 0.05) is 11.3 Å². The van der Waals surface area contributed by atoms with Gasteiger partial charge in [0.2, 0.25) is 0 Å². The molecule has 0 fully saturated rings. The van der Waals surface area contributed by atoms with Gasteiger partial charge in [0.15, 0.2) is 11.0 Å². The van der Waals surface area contributed by atoms with Crippen LogP contribution in [-0.4, -0.2) is 39.7 Å². The van der Waals surface area contributed by atoms with Crippen LogP contribution in [0.5, 0.6) is 5.75 Å². The summed E-state index contributed by atoms with van der Waals surface area (Å²) in [7, 11) is 1.64. The lowest BCUT2D eigenvalue weighted by Crippen LogP contribution is -2.20. The molecule has 0 N–H and O–H groups in total. The average molecular weight is 426 g/mol. The first-order valence-corrected chi connectivity index (χ1v) is 11.0. The highest BCUT2D eigenvalue weighted by Crippen LogP contribution is 2.32. The van der Waals surface area contributed by atoms with Crippen molar-refractivity contribution in [1.82, 2.24) is 14.8 Å². The van der Waals surface area contributed by atoms with Gasteiger partial charge < -0.3 is 9.47 Å². The Morgan fingerprint density at radius 3 is 2.37 bits per heavy atom. The molecule has 1 aromatic heterocycles. The summed E-state index contributed by atoms with van der Waals surface area (Å²) >= 11 is 1.40. The molecule has 0 aliphatic rings. The third kappa shape index (κ3) is 5.02. The fourth-order valence-corrected chi connectivity index (χ4v) is 4.21. The number of benzene rings is 2. The van der Waals surface area contributed by atoms with Crippen LogP contribution in [0, 0.1) is 6.92 Å². The number of ether oxygens (including phenoxy) is 2. The minimum Gasteiger partial charge on any atom is -0.497 e. The second-order valence-corrected chi connectivity index (χ2v) is 8.02. The van der Waals surface area contributed by atoms with Crippen molar-refractivity contribution in [3.63, 3.8) is 0 Å². The summed E-state index contributed by atoms with van der Waals surface area (Å²) in [6.07, 6.45) is 1.59. The van der Waals surface area contributed by atoms with E-state index in [2.05, 4.69) is 29.3 Å². The summed E-state index contributed by atoms with van der Waals surface area (Å²) in [5.41, 5.74) is 3.03. The zero-order chi connectivity index (χ0) is 21.5. The minimum absolute atomic E-state index is 0.214. The Morgan fingerprint density at radius 1 is 1.07 bits per heavy atom. The maximum Gasteiger partial charge on any atom is 0.319 e. The van der Waals surface area contributed by atoms with Gasteiger partial charge in [-0.3, -0.25) is 9.36 Å². The zero-order valence-electron chi connectivity index (χ0n) is 17.8. The molecule has 30 heavy (non-hydrogen) atoms. The Kier molecular flexibility index (Phi) is 7.52. The third-order valence-corrected chi connectivity index (χ3v) is 5.81. The van der Waals surface area contributed by atoms with Gasteiger partial charge in [-0.2, -0.15) is 0 Å². The SMILES string of the molecule is CCC[C@@H](Sc1nnc(-c2ccc(OC)cc2)n1-c1ccc(C)cc1)C(=O)OCC. The maximum atomic E-state index is 12.5. The predicted molar refractivity (Wildman–Crippen MR) is 119 cm³/mol. The van der Waals surface area contributed by atoms with Gasteiger partial charge in [0.1, 0.15) is 11.0 Å². The van der Waals surface area contributed by atoms with Crippen molar-refractivity contribution in [2.75, 3.05) is 13.7 Å². The zero-order valence-corrected chi connectivity index (χ0v) is 18.6. The summed E-state index contributed by atoms with van der Waals surface area (Å²) in [5.74, 6) is 1.27. The monoisotopic (exact) mass is 425 g/mol. The molecule has 1 heterocycles. The highest BCUT2D eigenvalue weighted by molar-refractivity contribution is 8.00.